The number of H-pyrrole nitrogens is 1. The van der Waals surface area contributed by atoms with Crippen molar-refractivity contribution in [3.05, 3.63) is 223 Å². The summed E-state index contributed by atoms with van der Waals surface area (Å²) in [5, 5.41) is 19.4. The van der Waals surface area contributed by atoms with Gasteiger partial charge in [-0.15, -0.1) is 0 Å². The molecule has 6 aromatic carbocycles. The van der Waals surface area contributed by atoms with Gasteiger partial charge in [-0.25, -0.2) is 50.6 Å². The molecular weight excluding hydrogens is 1530 g/mol. The molecule has 6 aromatic heterocycles. The second-order valence-electron chi connectivity index (χ2n) is 28.0. The van der Waals surface area contributed by atoms with Crippen LogP contribution in [0.1, 0.15) is 89.2 Å². The molecular formula is C84H78F7N15O11. The minimum atomic E-state index is -2.78. The fourth-order valence-electron chi connectivity index (χ4n) is 14.0. The Morgan fingerprint density at radius 2 is 0.829 bits per heavy atom. The highest BCUT2D eigenvalue weighted by Crippen LogP contribution is 2.38. The maximum atomic E-state index is 14.7. The summed E-state index contributed by atoms with van der Waals surface area (Å²) < 4.78 is 127. The van der Waals surface area contributed by atoms with Crippen molar-refractivity contribution in [2.45, 2.75) is 110 Å². The number of hydrogen-bond acceptors (Lipinski definition) is 16. The minimum Gasteiger partial charge on any atom is -0.444 e. The molecule has 12 aromatic rings. The van der Waals surface area contributed by atoms with Gasteiger partial charge in [0.15, 0.2) is 0 Å². The van der Waals surface area contributed by atoms with Crippen LogP contribution in [0.5, 0.6) is 0 Å². The summed E-state index contributed by atoms with van der Waals surface area (Å²) >= 11 is 0. The van der Waals surface area contributed by atoms with E-state index < -0.39 is 60.3 Å². The first-order valence-electron chi connectivity index (χ1n) is 37.8. The highest BCUT2D eigenvalue weighted by atomic mass is 19.3. The number of fused-ring (bicyclic) bond motifs is 3. The van der Waals surface area contributed by atoms with Gasteiger partial charge < -0.3 is 34.0 Å². The van der Waals surface area contributed by atoms with E-state index in [0.29, 0.717) is 129 Å². The van der Waals surface area contributed by atoms with Crippen LogP contribution in [-0.4, -0.2) is 144 Å². The monoisotopic (exact) mass is 1610 g/mol. The molecule has 6 aliphatic heterocycles. The molecule has 18 rings (SSSR count). The van der Waals surface area contributed by atoms with Crippen molar-refractivity contribution in [1.82, 2.24) is 49.7 Å². The summed E-state index contributed by atoms with van der Waals surface area (Å²) in [6.45, 7) is 9.51. The number of aryl methyl sites for hydroxylation is 1. The highest BCUT2D eigenvalue weighted by molar-refractivity contribution is 6.00. The van der Waals surface area contributed by atoms with E-state index in [9.17, 15) is 59.5 Å². The Morgan fingerprint density at radius 3 is 1.23 bits per heavy atom. The maximum Gasteiger partial charge on any atom is 0.414 e. The van der Waals surface area contributed by atoms with E-state index in [2.05, 4.69) is 35.7 Å². The van der Waals surface area contributed by atoms with E-state index in [4.69, 9.17) is 23.7 Å². The third kappa shape index (κ3) is 17.1. The van der Waals surface area contributed by atoms with Crippen LogP contribution in [0.15, 0.2) is 183 Å². The van der Waals surface area contributed by atoms with Crippen molar-refractivity contribution < 1.29 is 83.2 Å². The molecule has 0 spiro atoms. The van der Waals surface area contributed by atoms with Crippen LogP contribution in [0.25, 0.3) is 72.1 Å². The molecule has 6 aliphatic rings. The average Bonchev–Trinajstić information content (AvgIpc) is 1.73. The molecule has 5 atom stereocenters. The number of rotatable bonds is 16. The van der Waals surface area contributed by atoms with Gasteiger partial charge in [-0.2, -0.15) is 33.8 Å². The first-order chi connectivity index (χ1) is 56.5. The molecule has 33 heteroatoms. The molecule has 5 unspecified atom stereocenters. The number of alkyl halides is 2. The fourth-order valence-corrected chi connectivity index (χ4v) is 14.0. The topological polar surface area (TPSA) is 271 Å². The van der Waals surface area contributed by atoms with E-state index in [1.807, 2.05) is 52.8 Å². The van der Waals surface area contributed by atoms with Gasteiger partial charge in [0, 0.05) is 106 Å². The van der Waals surface area contributed by atoms with Gasteiger partial charge in [-0.05, 0) is 165 Å². The van der Waals surface area contributed by atoms with Gasteiger partial charge >= 0.3 is 37.0 Å². The number of ether oxygens (including phenoxy) is 5. The number of halogens is 7. The van der Waals surface area contributed by atoms with Crippen LogP contribution in [0.2, 0.25) is 0 Å². The smallest absolute Gasteiger partial charge is 0.414 e. The fraction of sp³-hybridized carbons (Fsp3) is 0.274. The van der Waals surface area contributed by atoms with Crippen LogP contribution < -0.4 is 29.8 Å². The predicted octanol–water partition coefficient (Wildman–Crippen LogP) is 17.6. The molecule has 0 aliphatic carbocycles. The summed E-state index contributed by atoms with van der Waals surface area (Å²) in [4.78, 5) is 85.3. The van der Waals surface area contributed by atoms with Gasteiger partial charge in [0.1, 0.15) is 59.6 Å². The van der Waals surface area contributed by atoms with Crippen LogP contribution >= 0.6 is 0 Å². The van der Waals surface area contributed by atoms with Gasteiger partial charge in [0.2, 0.25) is 0 Å². The Kier molecular flexibility index (Phi) is 23.7. The molecule has 0 bridgehead atoms. The van der Waals surface area contributed by atoms with E-state index in [-0.39, 0.29) is 53.4 Å². The van der Waals surface area contributed by atoms with Crippen molar-refractivity contribution in [3.63, 3.8) is 0 Å². The van der Waals surface area contributed by atoms with Gasteiger partial charge in [-0.3, -0.25) is 39.0 Å². The van der Waals surface area contributed by atoms with Crippen molar-refractivity contribution in [1.29, 1.82) is 0 Å². The molecule has 0 saturated carbocycles. The molecule has 117 heavy (non-hydrogen) atoms. The van der Waals surface area contributed by atoms with Crippen molar-refractivity contribution in [2.24, 2.45) is 7.05 Å². The number of nitrogens with one attached hydrogen (secondary N) is 2. The Labute approximate surface area is 664 Å². The number of cyclic esters (lactones) is 5. The molecule has 6 amide bonds. The lowest BCUT2D eigenvalue weighted by atomic mass is 9.99. The van der Waals surface area contributed by atoms with E-state index in [1.54, 1.807) is 128 Å². The predicted molar refractivity (Wildman–Crippen MR) is 420 cm³/mol. The number of pyridine rings is 1. The largest absolute Gasteiger partial charge is 0.444 e. The van der Waals surface area contributed by atoms with Gasteiger partial charge in [0.25, 0.3) is 5.91 Å². The van der Waals surface area contributed by atoms with Crippen LogP contribution in [-0.2, 0) is 37.3 Å². The second kappa shape index (κ2) is 34.6. The number of aromatic nitrogens is 9. The molecule has 12 heterocycles. The first-order valence-corrected chi connectivity index (χ1v) is 37.8. The molecule has 26 nitrogen and oxygen atoms in total. The Bertz CT molecular complexity index is 5730. The van der Waals surface area contributed by atoms with Gasteiger partial charge in [0.05, 0.1) is 97.0 Å². The number of hydrogen-bond donors (Lipinski definition) is 2. The zero-order chi connectivity index (χ0) is 82.5. The lowest BCUT2D eigenvalue weighted by Gasteiger charge is -2.14. The standard InChI is InChI=1S/C19H17FN2O3.C18H16FN3O2.C17H15FN4O2.C15H14F3N3O2.C15H16FN3O2/c1-2-14-10-22(19(24)25-14)13-4-6-15(17(20)8-13)11-3-5-16-12(7-11)9-21-18(16)23;1-2-12-10-22(18(23)24-12)11-3-4-13(16(19)7-11)15-8-20-9-17-14(15)5-6-21-17;1-2-12-10-21(17(23)24-12)11-5-6-13(15(18)8-11)14-9-20-22-16(14)4-3-7-19-22;1-2-11-8-20(15(22)23-11)10-3-4-12(13(16)5-10)9-6-19-21(7-9)14(17)18;1-3-12-9-19(15(20)21-12)11-4-5-13(14(16)6-11)10-7-17-18(2)8-10/h3-8,14H,2,9-10H2,1H3,(H,21,23);3-9,12,21H,2,10H2,1H3;3-9,12H,2,10H2,1H3;3-7,11,14H,2,8H2,1H3;4-8,12H,3,9H2,1-2H3. The lowest BCUT2D eigenvalue weighted by molar-refractivity contribution is 0.0566. The van der Waals surface area contributed by atoms with E-state index >= 15 is 0 Å². The Hall–Kier alpha value is -13.6. The first kappa shape index (κ1) is 80.0. The van der Waals surface area contributed by atoms with E-state index in [0.717, 1.165) is 53.9 Å². The summed E-state index contributed by atoms with van der Waals surface area (Å²) in [6, 6.07) is 33.9. The number of anilines is 5. The highest BCUT2D eigenvalue weighted by Gasteiger charge is 2.37. The van der Waals surface area contributed by atoms with Crippen molar-refractivity contribution in [3.8, 4) is 55.6 Å². The quantitative estimate of drug-likeness (QED) is 0.0672. The summed E-state index contributed by atoms with van der Waals surface area (Å²) in [5.74, 6) is -2.33. The summed E-state index contributed by atoms with van der Waals surface area (Å²) in [6.07, 6.45) is 14.5. The van der Waals surface area contributed by atoms with Crippen LogP contribution in [0.3, 0.4) is 0 Å². The SMILES string of the molecule is CCC1CN(c2ccc(-c3ccc4c(c3)CNC4=O)c(F)c2)C(=O)O1.CCC1CN(c2ccc(-c3cncc4[nH]ccc34)c(F)c2)C(=O)O1.CCC1CN(c2ccc(-c3cnn(C(F)F)c3)c(F)c2)C(=O)O1.CCC1CN(c2ccc(-c3cnn(C)c3)c(F)c2)C(=O)O1.CCC1CN(c2ccc(-c3cnn4ncccc34)c(F)c2)C(=O)O1. The number of carbonyl (C=O) groups is 6. The molecule has 5 fully saturated rings. The normalized spacial score (nSPS) is 18.0. The number of benzene rings is 6. The van der Waals surface area contributed by atoms with Gasteiger partial charge in [-0.1, -0.05) is 40.7 Å². The third-order valence-electron chi connectivity index (χ3n) is 20.6. The minimum absolute atomic E-state index is 0.101. The van der Waals surface area contributed by atoms with Crippen molar-refractivity contribution in [2.75, 3.05) is 57.2 Å². The molecule has 5 saturated heterocycles. The zero-order valence-electron chi connectivity index (χ0n) is 64.0. The Balaban J connectivity index is 0.000000121. The van der Waals surface area contributed by atoms with E-state index in [1.165, 1.54) is 71.7 Å². The summed E-state index contributed by atoms with van der Waals surface area (Å²) in [7, 11) is 1.78. The maximum absolute atomic E-state index is 14.7. The number of amides is 6. The van der Waals surface area contributed by atoms with Crippen LogP contribution in [0.4, 0.5) is 83.1 Å². The second-order valence-corrected chi connectivity index (χ2v) is 28.0. The summed E-state index contributed by atoms with van der Waals surface area (Å²) in [5.41, 5.74) is 10.4. The molecule has 0 radical (unpaired) electrons. The molecule has 2 N–H and O–H groups in total. The third-order valence-corrected chi connectivity index (χ3v) is 20.6. The number of nitrogens with zero attached hydrogens (tertiary/aromatic N) is 13. The number of aromatic amines is 1. The number of carbonyl (C=O) groups excluding carboxylic acids is 6. The average molecular weight is 1610 g/mol. The zero-order valence-corrected chi connectivity index (χ0v) is 64.0. The lowest BCUT2D eigenvalue weighted by Crippen LogP contribution is -2.24. The van der Waals surface area contributed by atoms with Crippen molar-refractivity contribution >= 4 is 81.2 Å². The Morgan fingerprint density at radius 1 is 0.419 bits per heavy atom. The van der Waals surface area contributed by atoms with Crippen LogP contribution in [0, 0.1) is 29.1 Å². The molecule has 604 valence electrons.